The molecule has 2 rings (SSSR count). The predicted octanol–water partition coefficient (Wildman–Crippen LogP) is 3.69. The topological polar surface area (TPSA) is 77.5 Å². The van der Waals surface area contributed by atoms with Crippen molar-refractivity contribution in [3.63, 3.8) is 0 Å². The summed E-state index contributed by atoms with van der Waals surface area (Å²) in [6, 6.07) is 8.03. The summed E-state index contributed by atoms with van der Waals surface area (Å²) in [5.41, 5.74) is 0.263. The van der Waals surface area contributed by atoms with Crippen molar-refractivity contribution in [2.75, 3.05) is 12.4 Å². The van der Waals surface area contributed by atoms with Crippen molar-refractivity contribution in [2.45, 2.75) is 13.0 Å². The van der Waals surface area contributed by atoms with E-state index in [9.17, 15) is 9.59 Å². The van der Waals surface area contributed by atoms with Gasteiger partial charge >= 0.3 is 5.97 Å². The van der Waals surface area contributed by atoms with Crippen LogP contribution in [0.5, 0.6) is 5.75 Å². The zero-order chi connectivity index (χ0) is 17.7. The van der Waals surface area contributed by atoms with Gasteiger partial charge in [-0.1, -0.05) is 11.6 Å². The number of benzene rings is 1. The second-order valence-electron chi connectivity index (χ2n) is 4.74. The summed E-state index contributed by atoms with van der Waals surface area (Å²) >= 11 is 9.00. The fourth-order valence-corrected chi connectivity index (χ4v) is 2.26. The molecular formula is C16H14BrClN2O4. The first-order valence-corrected chi connectivity index (χ1v) is 8.04. The molecule has 1 atom stereocenters. The van der Waals surface area contributed by atoms with Crippen molar-refractivity contribution in [3.8, 4) is 5.75 Å². The maximum absolute atomic E-state index is 12.2. The highest BCUT2D eigenvalue weighted by Gasteiger charge is 2.21. The van der Waals surface area contributed by atoms with Gasteiger partial charge in [0.25, 0.3) is 5.91 Å². The summed E-state index contributed by atoms with van der Waals surface area (Å²) in [6.45, 7) is 1.47. The fraction of sp³-hybridized carbons (Fsp3) is 0.188. The van der Waals surface area contributed by atoms with Gasteiger partial charge in [0.05, 0.1) is 17.7 Å². The number of rotatable bonds is 5. The molecule has 0 aliphatic carbocycles. The first kappa shape index (κ1) is 18.2. The molecule has 1 aromatic heterocycles. The molecule has 0 unspecified atom stereocenters. The van der Waals surface area contributed by atoms with Gasteiger partial charge in [-0.2, -0.15) is 0 Å². The summed E-state index contributed by atoms with van der Waals surface area (Å²) in [5, 5.41) is 2.99. The van der Waals surface area contributed by atoms with Gasteiger partial charge in [-0.25, -0.2) is 9.78 Å². The summed E-state index contributed by atoms with van der Waals surface area (Å²) < 4.78 is 10.8. The maximum atomic E-state index is 12.2. The van der Waals surface area contributed by atoms with Gasteiger partial charge < -0.3 is 14.8 Å². The second kappa shape index (κ2) is 8.12. The van der Waals surface area contributed by atoms with Crippen LogP contribution >= 0.6 is 27.5 Å². The van der Waals surface area contributed by atoms with Gasteiger partial charge in [-0.3, -0.25) is 4.79 Å². The number of aromatic nitrogens is 1. The van der Waals surface area contributed by atoms with Crippen LogP contribution in [0.3, 0.4) is 0 Å². The number of hydrogen-bond donors (Lipinski definition) is 1. The Hall–Kier alpha value is -2.12. The zero-order valence-electron chi connectivity index (χ0n) is 12.9. The smallest absolute Gasteiger partial charge is 0.340 e. The van der Waals surface area contributed by atoms with Crippen LogP contribution in [0.25, 0.3) is 0 Å². The highest BCUT2D eigenvalue weighted by molar-refractivity contribution is 9.10. The van der Waals surface area contributed by atoms with E-state index in [1.165, 1.54) is 26.3 Å². The van der Waals surface area contributed by atoms with Gasteiger partial charge in [0.15, 0.2) is 6.10 Å². The maximum Gasteiger partial charge on any atom is 0.340 e. The minimum Gasteiger partial charge on any atom is -0.497 e. The van der Waals surface area contributed by atoms with Crippen molar-refractivity contribution < 1.29 is 19.1 Å². The first-order chi connectivity index (χ1) is 11.4. The second-order valence-corrected chi connectivity index (χ2v) is 6.03. The highest BCUT2D eigenvalue weighted by Crippen LogP contribution is 2.23. The van der Waals surface area contributed by atoms with E-state index in [-0.39, 0.29) is 5.56 Å². The van der Waals surface area contributed by atoms with Crippen molar-refractivity contribution in [1.82, 2.24) is 4.98 Å². The molecule has 126 valence electrons. The Morgan fingerprint density at radius 3 is 2.67 bits per heavy atom. The molecule has 1 aromatic carbocycles. The zero-order valence-corrected chi connectivity index (χ0v) is 15.2. The third-order valence-corrected chi connectivity index (χ3v) is 3.94. The summed E-state index contributed by atoms with van der Waals surface area (Å²) in [5.74, 6) is -0.327. The number of methoxy groups -OCH3 is 1. The average molecular weight is 414 g/mol. The van der Waals surface area contributed by atoms with Crippen molar-refractivity contribution >= 4 is 45.2 Å². The standard InChI is InChI=1S/C16H14BrClN2O4/c1-9(15(21)20-14-6-3-10(18)8-19-14)24-16(22)12-7-11(23-2)4-5-13(12)17/h3-9H,1-2H3,(H,19,20,21)/t9-/m1/s1. The van der Waals surface area contributed by atoms with Gasteiger partial charge in [0, 0.05) is 10.7 Å². The molecule has 0 aliphatic rings. The van der Waals surface area contributed by atoms with Crippen LogP contribution < -0.4 is 10.1 Å². The number of pyridine rings is 1. The molecule has 0 aliphatic heterocycles. The molecular weight excluding hydrogens is 400 g/mol. The van der Waals surface area contributed by atoms with E-state index in [0.29, 0.717) is 21.1 Å². The number of anilines is 1. The third-order valence-electron chi connectivity index (χ3n) is 3.03. The summed E-state index contributed by atoms with van der Waals surface area (Å²) in [4.78, 5) is 28.2. The number of hydrogen-bond acceptors (Lipinski definition) is 5. The Labute approximate surface area is 152 Å². The van der Waals surface area contributed by atoms with Crippen LogP contribution in [-0.2, 0) is 9.53 Å². The molecule has 1 N–H and O–H groups in total. The number of halogens is 2. The van der Waals surface area contributed by atoms with E-state index < -0.39 is 18.0 Å². The van der Waals surface area contributed by atoms with Crippen LogP contribution in [0.4, 0.5) is 5.82 Å². The lowest BCUT2D eigenvalue weighted by atomic mass is 10.2. The van der Waals surface area contributed by atoms with Crippen LogP contribution in [0.1, 0.15) is 17.3 Å². The molecule has 1 amide bonds. The van der Waals surface area contributed by atoms with E-state index >= 15 is 0 Å². The Balaban J connectivity index is 2.02. The van der Waals surface area contributed by atoms with Crippen LogP contribution in [0.2, 0.25) is 5.02 Å². The van der Waals surface area contributed by atoms with Crippen molar-refractivity contribution in [3.05, 3.63) is 51.6 Å². The Morgan fingerprint density at radius 2 is 2.04 bits per heavy atom. The van der Waals surface area contributed by atoms with E-state index in [1.54, 1.807) is 24.3 Å². The lowest BCUT2D eigenvalue weighted by Gasteiger charge is -2.14. The number of nitrogens with one attached hydrogen (secondary N) is 1. The SMILES string of the molecule is COc1ccc(Br)c(C(=O)O[C@H](C)C(=O)Nc2ccc(Cl)cn2)c1. The lowest BCUT2D eigenvalue weighted by Crippen LogP contribution is -2.30. The van der Waals surface area contributed by atoms with Gasteiger partial charge in [0.1, 0.15) is 11.6 Å². The average Bonchev–Trinajstić information content (AvgIpc) is 2.57. The number of carbonyl (C=O) groups excluding carboxylic acids is 2. The Kier molecular flexibility index (Phi) is 6.16. The molecule has 8 heteroatoms. The predicted molar refractivity (Wildman–Crippen MR) is 93.4 cm³/mol. The molecule has 0 saturated carbocycles. The van der Waals surface area contributed by atoms with Crippen molar-refractivity contribution in [2.24, 2.45) is 0 Å². The normalized spacial score (nSPS) is 11.5. The third kappa shape index (κ3) is 4.69. The van der Waals surface area contributed by atoms with Gasteiger partial charge in [-0.05, 0) is 53.2 Å². The summed E-state index contributed by atoms with van der Waals surface area (Å²) in [7, 11) is 1.49. The van der Waals surface area contributed by atoms with Crippen LogP contribution in [0, 0.1) is 0 Å². The van der Waals surface area contributed by atoms with E-state index in [4.69, 9.17) is 21.1 Å². The molecule has 0 bridgehead atoms. The number of nitrogens with zero attached hydrogens (tertiary/aromatic N) is 1. The van der Waals surface area contributed by atoms with E-state index in [2.05, 4.69) is 26.2 Å². The number of amides is 1. The van der Waals surface area contributed by atoms with E-state index in [1.807, 2.05) is 0 Å². The van der Waals surface area contributed by atoms with E-state index in [0.717, 1.165) is 0 Å². The molecule has 6 nitrogen and oxygen atoms in total. The molecule has 0 spiro atoms. The highest BCUT2D eigenvalue weighted by atomic mass is 79.9. The number of carbonyl (C=O) groups is 2. The molecule has 0 fully saturated rings. The van der Waals surface area contributed by atoms with Crippen LogP contribution in [0.15, 0.2) is 41.0 Å². The Bertz CT molecular complexity index is 752. The molecule has 2 aromatic rings. The van der Waals surface area contributed by atoms with Gasteiger partial charge in [-0.15, -0.1) is 0 Å². The quantitative estimate of drug-likeness (QED) is 0.757. The monoisotopic (exact) mass is 412 g/mol. The summed E-state index contributed by atoms with van der Waals surface area (Å²) in [6.07, 6.45) is 0.398. The number of esters is 1. The minimum atomic E-state index is -1.01. The largest absolute Gasteiger partial charge is 0.497 e. The minimum absolute atomic E-state index is 0.263. The molecule has 0 saturated heterocycles. The van der Waals surface area contributed by atoms with Crippen LogP contribution in [-0.4, -0.2) is 30.1 Å². The number of ether oxygens (including phenoxy) is 2. The Morgan fingerprint density at radius 1 is 1.29 bits per heavy atom. The molecule has 24 heavy (non-hydrogen) atoms. The van der Waals surface area contributed by atoms with Gasteiger partial charge in [0.2, 0.25) is 0 Å². The van der Waals surface area contributed by atoms with Crippen molar-refractivity contribution in [1.29, 1.82) is 0 Å². The molecule has 1 heterocycles. The molecule has 0 radical (unpaired) electrons. The first-order valence-electron chi connectivity index (χ1n) is 6.87. The lowest BCUT2D eigenvalue weighted by molar-refractivity contribution is -0.123. The fourth-order valence-electron chi connectivity index (χ4n) is 1.74.